The van der Waals surface area contributed by atoms with Gasteiger partial charge >= 0.3 is 0 Å². The highest BCUT2D eigenvalue weighted by atomic mass is 35.5. The number of carbonyl (C=O) groups is 1. The lowest BCUT2D eigenvalue weighted by Gasteiger charge is -2.09. The highest BCUT2D eigenvalue weighted by molar-refractivity contribution is 6.42. The Morgan fingerprint density at radius 3 is 2.84 bits per heavy atom. The number of aromatic nitrogens is 2. The molecule has 0 bridgehead atoms. The van der Waals surface area contributed by atoms with Gasteiger partial charge in [-0.1, -0.05) is 23.2 Å². The third-order valence-corrected chi connectivity index (χ3v) is 3.36. The quantitative estimate of drug-likeness (QED) is 0.943. The van der Waals surface area contributed by atoms with E-state index in [0.717, 1.165) is 11.4 Å². The molecule has 0 saturated heterocycles. The molecule has 0 aliphatic carbocycles. The molecule has 0 spiro atoms. The minimum atomic E-state index is -0.0452. The van der Waals surface area contributed by atoms with Gasteiger partial charge in [0.25, 0.3) is 0 Å². The Morgan fingerprint density at radius 2 is 2.16 bits per heavy atom. The molecular weight excluding hydrogens is 285 g/mol. The standard InChI is InChI=1S/C13H13Cl2N3O/c1-9(19)16-4-6-18-7-5-17-13(18)10-2-3-11(14)12(15)8-10/h2-3,5,7-8H,4,6H2,1H3,(H,16,19). The third-order valence-electron chi connectivity index (χ3n) is 2.62. The van der Waals surface area contributed by atoms with Gasteiger partial charge in [0, 0.05) is 38.0 Å². The van der Waals surface area contributed by atoms with Gasteiger partial charge in [0.05, 0.1) is 10.0 Å². The van der Waals surface area contributed by atoms with Crippen molar-refractivity contribution in [2.75, 3.05) is 6.54 Å². The number of carbonyl (C=O) groups excluding carboxylic acids is 1. The smallest absolute Gasteiger partial charge is 0.216 e. The monoisotopic (exact) mass is 297 g/mol. The van der Waals surface area contributed by atoms with Crippen molar-refractivity contribution in [3.05, 3.63) is 40.6 Å². The molecule has 0 atom stereocenters. The minimum absolute atomic E-state index is 0.0452. The molecule has 0 fully saturated rings. The van der Waals surface area contributed by atoms with Gasteiger partial charge in [0.2, 0.25) is 5.91 Å². The van der Waals surface area contributed by atoms with Crippen LogP contribution in [0.25, 0.3) is 11.4 Å². The summed E-state index contributed by atoms with van der Waals surface area (Å²) < 4.78 is 1.95. The van der Waals surface area contributed by atoms with Crippen molar-refractivity contribution in [2.45, 2.75) is 13.5 Å². The van der Waals surface area contributed by atoms with Gasteiger partial charge in [-0.3, -0.25) is 4.79 Å². The zero-order valence-electron chi connectivity index (χ0n) is 10.4. The summed E-state index contributed by atoms with van der Waals surface area (Å²) in [6.07, 6.45) is 3.57. The number of nitrogens with one attached hydrogen (secondary N) is 1. The summed E-state index contributed by atoms with van der Waals surface area (Å²) in [6, 6.07) is 5.39. The zero-order valence-corrected chi connectivity index (χ0v) is 11.9. The van der Waals surface area contributed by atoms with Crippen LogP contribution in [-0.2, 0) is 11.3 Å². The number of hydrogen-bond acceptors (Lipinski definition) is 2. The van der Waals surface area contributed by atoms with E-state index in [2.05, 4.69) is 10.3 Å². The average Bonchev–Trinajstić information content (AvgIpc) is 2.80. The summed E-state index contributed by atoms with van der Waals surface area (Å²) in [5, 5.41) is 3.76. The number of benzene rings is 1. The Kier molecular flexibility index (Phi) is 4.45. The van der Waals surface area contributed by atoms with Crippen LogP contribution in [0.5, 0.6) is 0 Å². The van der Waals surface area contributed by atoms with E-state index < -0.39 is 0 Å². The Labute approximate surface area is 121 Å². The first-order valence-corrected chi connectivity index (χ1v) is 6.54. The molecule has 1 aromatic heterocycles. The SMILES string of the molecule is CC(=O)NCCn1ccnc1-c1ccc(Cl)c(Cl)c1. The number of imidazole rings is 1. The van der Waals surface area contributed by atoms with Crippen LogP contribution in [0.2, 0.25) is 10.0 Å². The van der Waals surface area contributed by atoms with Gasteiger partial charge in [-0.25, -0.2) is 4.98 Å². The molecule has 0 aliphatic rings. The van der Waals surface area contributed by atoms with Crippen molar-refractivity contribution in [3.8, 4) is 11.4 Å². The number of halogens is 2. The van der Waals surface area contributed by atoms with Crippen LogP contribution >= 0.6 is 23.2 Å². The van der Waals surface area contributed by atoms with Gasteiger partial charge < -0.3 is 9.88 Å². The van der Waals surface area contributed by atoms with E-state index in [1.165, 1.54) is 6.92 Å². The maximum atomic E-state index is 10.8. The molecule has 0 saturated carbocycles. The van der Waals surface area contributed by atoms with Gasteiger partial charge in [-0.2, -0.15) is 0 Å². The highest BCUT2D eigenvalue weighted by Crippen LogP contribution is 2.27. The van der Waals surface area contributed by atoms with Crippen LogP contribution in [0, 0.1) is 0 Å². The molecule has 100 valence electrons. The van der Waals surface area contributed by atoms with E-state index in [1.807, 2.05) is 16.8 Å². The lowest BCUT2D eigenvalue weighted by molar-refractivity contribution is -0.118. The van der Waals surface area contributed by atoms with Crippen molar-refractivity contribution in [1.29, 1.82) is 0 Å². The van der Waals surface area contributed by atoms with E-state index in [4.69, 9.17) is 23.2 Å². The maximum Gasteiger partial charge on any atom is 0.216 e. The van der Waals surface area contributed by atoms with Crippen LogP contribution in [0.1, 0.15) is 6.92 Å². The minimum Gasteiger partial charge on any atom is -0.355 e. The normalized spacial score (nSPS) is 10.5. The molecular formula is C13H13Cl2N3O. The second-order valence-corrected chi connectivity index (χ2v) is 4.87. The molecule has 0 unspecified atom stereocenters. The van der Waals surface area contributed by atoms with Crippen LogP contribution in [0.15, 0.2) is 30.6 Å². The van der Waals surface area contributed by atoms with Crippen molar-refractivity contribution < 1.29 is 4.79 Å². The first-order valence-electron chi connectivity index (χ1n) is 5.79. The van der Waals surface area contributed by atoms with Crippen molar-refractivity contribution >= 4 is 29.1 Å². The van der Waals surface area contributed by atoms with Crippen LogP contribution < -0.4 is 5.32 Å². The second-order valence-electron chi connectivity index (χ2n) is 4.06. The van der Waals surface area contributed by atoms with Crippen LogP contribution in [0.3, 0.4) is 0 Å². The average molecular weight is 298 g/mol. The zero-order chi connectivity index (χ0) is 13.8. The lowest BCUT2D eigenvalue weighted by atomic mass is 10.2. The number of amides is 1. The Hall–Kier alpha value is -1.52. The lowest BCUT2D eigenvalue weighted by Crippen LogP contribution is -2.24. The molecule has 6 heteroatoms. The fourth-order valence-corrected chi connectivity index (χ4v) is 2.04. The van der Waals surface area contributed by atoms with Crippen LogP contribution in [-0.4, -0.2) is 22.0 Å². The van der Waals surface area contributed by atoms with E-state index in [1.54, 1.807) is 18.3 Å². The molecule has 19 heavy (non-hydrogen) atoms. The summed E-state index contributed by atoms with van der Waals surface area (Å²) >= 11 is 11.9. The molecule has 4 nitrogen and oxygen atoms in total. The molecule has 1 amide bonds. The van der Waals surface area contributed by atoms with Crippen molar-refractivity contribution in [3.63, 3.8) is 0 Å². The molecule has 2 rings (SSSR count). The van der Waals surface area contributed by atoms with E-state index in [-0.39, 0.29) is 5.91 Å². The van der Waals surface area contributed by atoms with Crippen molar-refractivity contribution in [2.24, 2.45) is 0 Å². The summed E-state index contributed by atoms with van der Waals surface area (Å²) in [7, 11) is 0. The van der Waals surface area contributed by atoms with Gasteiger partial charge in [0.15, 0.2) is 0 Å². The molecule has 2 aromatic rings. The fraction of sp³-hybridized carbons (Fsp3) is 0.231. The predicted molar refractivity (Wildman–Crippen MR) is 76.4 cm³/mol. The fourth-order valence-electron chi connectivity index (χ4n) is 1.74. The molecule has 1 N–H and O–H groups in total. The summed E-state index contributed by atoms with van der Waals surface area (Å²) in [4.78, 5) is 15.1. The number of nitrogens with zero attached hydrogens (tertiary/aromatic N) is 2. The highest BCUT2D eigenvalue weighted by Gasteiger charge is 2.08. The summed E-state index contributed by atoms with van der Waals surface area (Å²) in [6.45, 7) is 2.70. The largest absolute Gasteiger partial charge is 0.355 e. The van der Waals surface area contributed by atoms with E-state index >= 15 is 0 Å². The van der Waals surface area contributed by atoms with Crippen molar-refractivity contribution in [1.82, 2.24) is 14.9 Å². The molecule has 1 aromatic carbocycles. The first kappa shape index (κ1) is 13.9. The molecule has 1 heterocycles. The third kappa shape index (κ3) is 3.49. The Bertz CT molecular complexity index is 595. The maximum absolute atomic E-state index is 10.8. The van der Waals surface area contributed by atoms with E-state index in [9.17, 15) is 4.79 Å². The van der Waals surface area contributed by atoms with Gasteiger partial charge in [-0.05, 0) is 18.2 Å². The van der Waals surface area contributed by atoms with E-state index in [0.29, 0.717) is 23.1 Å². The molecule has 0 aliphatic heterocycles. The Morgan fingerprint density at radius 1 is 1.37 bits per heavy atom. The van der Waals surface area contributed by atoms with Gasteiger partial charge in [0.1, 0.15) is 5.82 Å². The number of hydrogen-bond donors (Lipinski definition) is 1. The predicted octanol–water partition coefficient (Wildman–Crippen LogP) is 2.99. The summed E-state index contributed by atoms with van der Waals surface area (Å²) in [5.41, 5.74) is 0.891. The van der Waals surface area contributed by atoms with Crippen LogP contribution in [0.4, 0.5) is 0 Å². The Balaban J connectivity index is 2.18. The van der Waals surface area contributed by atoms with Gasteiger partial charge in [-0.15, -0.1) is 0 Å². The first-order chi connectivity index (χ1) is 9.08. The second kappa shape index (κ2) is 6.08. The number of rotatable bonds is 4. The molecule has 0 radical (unpaired) electrons. The summed E-state index contributed by atoms with van der Waals surface area (Å²) in [5.74, 6) is 0.750. The topological polar surface area (TPSA) is 46.9 Å².